The van der Waals surface area contributed by atoms with Gasteiger partial charge in [0, 0.05) is 11.3 Å². The number of nitrogens with zero attached hydrogens (tertiary/aromatic N) is 2. The Morgan fingerprint density at radius 1 is 1.36 bits per heavy atom. The number of thiophene rings is 1. The number of hydrogen-bond acceptors (Lipinski definition) is 5. The molecule has 0 radical (unpaired) electrons. The molecule has 120 valence electrons. The van der Waals surface area contributed by atoms with Crippen molar-refractivity contribution in [3.8, 4) is 0 Å². The molecule has 3 rings (SSSR count). The zero-order valence-electron chi connectivity index (χ0n) is 13.7. The van der Waals surface area contributed by atoms with Crippen LogP contribution >= 0.6 is 11.3 Å². The minimum atomic E-state index is -0.215. The highest BCUT2D eigenvalue weighted by Gasteiger charge is 2.30. The summed E-state index contributed by atoms with van der Waals surface area (Å²) in [5.74, 6) is 0.750. The van der Waals surface area contributed by atoms with Gasteiger partial charge in [0.1, 0.15) is 10.7 Å². The van der Waals surface area contributed by atoms with Crippen molar-refractivity contribution in [1.82, 2.24) is 14.9 Å². The lowest BCUT2D eigenvalue weighted by Gasteiger charge is -2.29. The average Bonchev–Trinajstić information content (AvgIpc) is 2.81. The Morgan fingerprint density at radius 3 is 2.77 bits per heavy atom. The molecule has 0 bridgehead atoms. The van der Waals surface area contributed by atoms with E-state index in [1.807, 2.05) is 0 Å². The van der Waals surface area contributed by atoms with Gasteiger partial charge in [0.15, 0.2) is 0 Å². The fraction of sp³-hybridized carbons (Fsp3) is 0.625. The lowest BCUT2D eigenvalue weighted by atomic mass is 9.94. The van der Waals surface area contributed by atoms with Gasteiger partial charge in [-0.1, -0.05) is 13.8 Å². The van der Waals surface area contributed by atoms with Gasteiger partial charge in [0.25, 0.3) is 5.56 Å². The molecule has 1 aliphatic rings. The molecular formula is C16H23N3O2S. The second-order valence-corrected chi connectivity index (χ2v) is 7.47. The molecule has 0 fully saturated rings. The second kappa shape index (κ2) is 5.76. The van der Waals surface area contributed by atoms with Crippen LogP contribution < -0.4 is 5.56 Å². The largest absolute Gasteiger partial charge is 0.370 e. The van der Waals surface area contributed by atoms with Crippen LogP contribution in [0.4, 0.5) is 0 Å². The van der Waals surface area contributed by atoms with E-state index in [2.05, 4.69) is 37.6 Å². The minimum absolute atomic E-state index is 0.0117. The third kappa shape index (κ3) is 2.83. The first-order valence-corrected chi connectivity index (χ1v) is 8.65. The van der Waals surface area contributed by atoms with Crippen LogP contribution in [0.15, 0.2) is 4.79 Å². The summed E-state index contributed by atoms with van der Waals surface area (Å²) in [6.45, 7) is 11.5. The van der Waals surface area contributed by atoms with Crippen LogP contribution in [0.25, 0.3) is 10.2 Å². The summed E-state index contributed by atoms with van der Waals surface area (Å²) < 4.78 is 5.85. The van der Waals surface area contributed by atoms with Crippen LogP contribution in [-0.2, 0) is 24.3 Å². The number of fused-ring (bicyclic) bond motifs is 3. The van der Waals surface area contributed by atoms with Crippen LogP contribution in [0, 0.1) is 0 Å². The molecule has 0 saturated heterocycles. The molecule has 6 heteroatoms. The highest BCUT2D eigenvalue weighted by atomic mass is 32.1. The van der Waals surface area contributed by atoms with Crippen molar-refractivity contribution in [2.24, 2.45) is 0 Å². The van der Waals surface area contributed by atoms with E-state index in [4.69, 9.17) is 9.72 Å². The zero-order chi connectivity index (χ0) is 15.9. The van der Waals surface area contributed by atoms with Gasteiger partial charge in [-0.25, -0.2) is 4.98 Å². The summed E-state index contributed by atoms with van der Waals surface area (Å²) in [4.78, 5) is 24.4. The molecule has 5 nitrogen and oxygen atoms in total. The zero-order valence-corrected chi connectivity index (χ0v) is 14.5. The minimum Gasteiger partial charge on any atom is -0.370 e. The lowest BCUT2D eigenvalue weighted by Crippen LogP contribution is -2.31. The van der Waals surface area contributed by atoms with Crippen molar-refractivity contribution in [3.05, 3.63) is 26.6 Å². The van der Waals surface area contributed by atoms with Gasteiger partial charge < -0.3 is 9.72 Å². The topological polar surface area (TPSA) is 58.2 Å². The Hall–Kier alpha value is -1.24. The first-order valence-electron chi connectivity index (χ1n) is 7.83. The molecule has 0 atom stereocenters. The van der Waals surface area contributed by atoms with Crippen LogP contribution in [0.3, 0.4) is 0 Å². The van der Waals surface area contributed by atoms with Gasteiger partial charge in [-0.3, -0.25) is 9.69 Å². The predicted molar refractivity (Wildman–Crippen MR) is 89.4 cm³/mol. The highest BCUT2D eigenvalue weighted by molar-refractivity contribution is 7.18. The van der Waals surface area contributed by atoms with Crippen LogP contribution in [-0.4, -0.2) is 33.6 Å². The van der Waals surface area contributed by atoms with E-state index in [0.717, 1.165) is 46.0 Å². The van der Waals surface area contributed by atoms with Crippen molar-refractivity contribution in [1.29, 1.82) is 0 Å². The molecule has 0 saturated carbocycles. The van der Waals surface area contributed by atoms with Crippen molar-refractivity contribution < 1.29 is 4.74 Å². The maximum Gasteiger partial charge on any atom is 0.259 e. The second-order valence-electron chi connectivity index (χ2n) is 6.38. The standard InChI is InChI=1S/C16H23N3O2S/c1-5-19(6-2)8-12-17-14(20)13-10-7-16(3,4)21-9-11(10)22-15(13)18-12/h5-9H2,1-4H3,(H,17,18,20). The number of H-pyrrole nitrogens is 1. The predicted octanol–water partition coefficient (Wildman–Crippen LogP) is 2.68. The number of ether oxygens (including phenoxy) is 1. The molecule has 0 amide bonds. The smallest absolute Gasteiger partial charge is 0.259 e. The highest BCUT2D eigenvalue weighted by Crippen LogP contribution is 2.36. The van der Waals surface area contributed by atoms with Crippen LogP contribution in [0.2, 0.25) is 0 Å². The summed E-state index contributed by atoms with van der Waals surface area (Å²) in [5.41, 5.74) is 0.898. The SMILES string of the molecule is CCN(CC)Cc1nc2sc3c(c2c(=O)[nH]1)CC(C)(C)OC3. The summed E-state index contributed by atoms with van der Waals surface area (Å²) in [5, 5.41) is 0.764. The molecule has 1 aliphatic heterocycles. The molecule has 0 aliphatic carbocycles. The molecular weight excluding hydrogens is 298 g/mol. The van der Waals surface area contributed by atoms with Gasteiger partial charge in [0.2, 0.25) is 0 Å². The van der Waals surface area contributed by atoms with Gasteiger partial charge in [-0.15, -0.1) is 11.3 Å². The fourth-order valence-electron chi connectivity index (χ4n) is 2.93. The number of nitrogens with one attached hydrogen (secondary N) is 1. The van der Waals surface area contributed by atoms with E-state index in [-0.39, 0.29) is 11.2 Å². The third-order valence-corrected chi connectivity index (χ3v) is 5.36. The van der Waals surface area contributed by atoms with Gasteiger partial charge in [-0.05, 0) is 32.5 Å². The van der Waals surface area contributed by atoms with Crippen molar-refractivity contribution in [2.45, 2.75) is 52.9 Å². The maximum atomic E-state index is 12.6. The summed E-state index contributed by atoms with van der Waals surface area (Å²) >= 11 is 1.60. The number of aromatic amines is 1. The molecule has 1 N–H and O–H groups in total. The summed E-state index contributed by atoms with van der Waals surface area (Å²) in [7, 11) is 0. The molecule has 0 spiro atoms. The molecule has 22 heavy (non-hydrogen) atoms. The van der Waals surface area contributed by atoms with E-state index in [9.17, 15) is 4.79 Å². The van der Waals surface area contributed by atoms with Gasteiger partial charge in [-0.2, -0.15) is 0 Å². The van der Waals surface area contributed by atoms with E-state index in [1.165, 1.54) is 0 Å². The quantitative estimate of drug-likeness (QED) is 0.940. The van der Waals surface area contributed by atoms with Crippen molar-refractivity contribution >= 4 is 21.6 Å². The Balaban J connectivity index is 2.04. The lowest BCUT2D eigenvalue weighted by molar-refractivity contribution is -0.0379. The Labute approximate surface area is 134 Å². The van der Waals surface area contributed by atoms with E-state index in [0.29, 0.717) is 13.2 Å². The average molecular weight is 321 g/mol. The Kier molecular flexibility index (Phi) is 4.09. The number of rotatable bonds is 4. The summed E-state index contributed by atoms with van der Waals surface area (Å²) in [6, 6.07) is 0. The van der Waals surface area contributed by atoms with Crippen LogP contribution in [0.1, 0.15) is 44.0 Å². The molecule has 2 aromatic heterocycles. The van der Waals surface area contributed by atoms with E-state index >= 15 is 0 Å². The first kappa shape index (κ1) is 15.6. The number of aromatic nitrogens is 2. The molecule has 0 aromatic carbocycles. The summed E-state index contributed by atoms with van der Waals surface area (Å²) in [6.07, 6.45) is 0.766. The Bertz CT molecular complexity index is 744. The monoisotopic (exact) mass is 321 g/mol. The molecule has 0 unspecified atom stereocenters. The normalized spacial score (nSPS) is 17.1. The van der Waals surface area contributed by atoms with Crippen molar-refractivity contribution in [3.63, 3.8) is 0 Å². The fourth-order valence-corrected chi connectivity index (χ4v) is 4.05. The van der Waals surface area contributed by atoms with Crippen molar-refractivity contribution in [2.75, 3.05) is 13.1 Å². The third-order valence-electron chi connectivity index (χ3n) is 4.26. The maximum absolute atomic E-state index is 12.6. The number of hydrogen-bond donors (Lipinski definition) is 1. The molecule has 2 aromatic rings. The van der Waals surface area contributed by atoms with Gasteiger partial charge in [0.05, 0.1) is 24.1 Å². The molecule has 3 heterocycles. The van der Waals surface area contributed by atoms with Crippen LogP contribution in [0.5, 0.6) is 0 Å². The Morgan fingerprint density at radius 2 is 2.09 bits per heavy atom. The first-order chi connectivity index (χ1) is 10.4. The van der Waals surface area contributed by atoms with Gasteiger partial charge >= 0.3 is 0 Å². The van der Waals surface area contributed by atoms with E-state index < -0.39 is 0 Å². The van der Waals surface area contributed by atoms with E-state index in [1.54, 1.807) is 11.3 Å².